The highest BCUT2D eigenvalue weighted by molar-refractivity contribution is 14.1. The van der Waals surface area contributed by atoms with Gasteiger partial charge in [0.25, 0.3) is 11.8 Å². The minimum Gasteiger partial charge on any atom is -0.494 e. The van der Waals surface area contributed by atoms with Crippen LogP contribution in [0.25, 0.3) is 6.08 Å². The molecule has 0 spiro atoms. The van der Waals surface area contributed by atoms with Gasteiger partial charge in [-0.15, -0.1) is 0 Å². The fraction of sp³-hybridized carbons (Fsp3) is 0.179. The molecule has 196 valence electrons. The van der Waals surface area contributed by atoms with Gasteiger partial charge in [0.15, 0.2) is 11.5 Å². The van der Waals surface area contributed by atoms with Crippen LogP contribution in [0.5, 0.6) is 17.2 Å². The van der Waals surface area contributed by atoms with Crippen LogP contribution in [0.1, 0.15) is 24.5 Å². The van der Waals surface area contributed by atoms with Crippen molar-refractivity contribution in [2.24, 2.45) is 0 Å². The molecule has 0 saturated carbocycles. The number of imide groups is 2. The zero-order chi connectivity index (χ0) is 27.2. The molecule has 1 saturated heterocycles. The molecular formula is C28H24FIN2O6. The topological polar surface area (TPSA) is 94.2 Å². The Morgan fingerprint density at radius 1 is 1.03 bits per heavy atom. The number of carbonyl (C=O) groups is 3. The third kappa shape index (κ3) is 5.96. The molecule has 0 bridgehead atoms. The highest BCUT2D eigenvalue weighted by Crippen LogP contribution is 2.36. The Labute approximate surface area is 232 Å². The lowest BCUT2D eigenvalue weighted by molar-refractivity contribution is -0.122. The molecule has 0 radical (unpaired) electrons. The van der Waals surface area contributed by atoms with E-state index >= 15 is 0 Å². The van der Waals surface area contributed by atoms with E-state index in [0.29, 0.717) is 44.2 Å². The number of urea groups is 1. The zero-order valence-electron chi connectivity index (χ0n) is 20.6. The van der Waals surface area contributed by atoms with Crippen molar-refractivity contribution in [3.63, 3.8) is 0 Å². The standard InChI is InChI=1S/C28H24FIN2O6/c1-3-12-37-20-10-8-19(9-11-20)32-27(34)21(26(33)31-28(32)35)13-17-14-23(30)25(24(15-17)36-2)38-16-18-6-4-5-7-22(18)29/h4-11,13-15H,3,12,16H2,1-2H3,(H,31,33,35)/b21-13-. The predicted molar refractivity (Wildman–Crippen MR) is 148 cm³/mol. The number of barbiturate groups is 1. The van der Waals surface area contributed by atoms with Crippen molar-refractivity contribution in [2.75, 3.05) is 18.6 Å². The van der Waals surface area contributed by atoms with E-state index in [9.17, 15) is 18.8 Å². The molecule has 1 N–H and O–H groups in total. The van der Waals surface area contributed by atoms with Gasteiger partial charge in [-0.25, -0.2) is 14.1 Å². The van der Waals surface area contributed by atoms with Gasteiger partial charge in [0.1, 0.15) is 23.7 Å². The molecule has 4 amide bonds. The molecule has 0 unspecified atom stereocenters. The van der Waals surface area contributed by atoms with Crippen molar-refractivity contribution < 1.29 is 33.0 Å². The first-order valence-corrected chi connectivity index (χ1v) is 12.8. The Kier molecular flexibility index (Phi) is 8.62. The van der Waals surface area contributed by atoms with Gasteiger partial charge in [-0.05, 0) is 83.1 Å². The van der Waals surface area contributed by atoms with Gasteiger partial charge >= 0.3 is 6.03 Å². The van der Waals surface area contributed by atoms with E-state index in [1.54, 1.807) is 54.6 Å². The summed E-state index contributed by atoms with van der Waals surface area (Å²) < 4.78 is 31.5. The van der Waals surface area contributed by atoms with E-state index in [1.165, 1.54) is 19.3 Å². The Morgan fingerprint density at radius 3 is 2.45 bits per heavy atom. The lowest BCUT2D eigenvalue weighted by atomic mass is 10.1. The molecule has 1 fully saturated rings. The van der Waals surface area contributed by atoms with E-state index in [1.807, 2.05) is 29.5 Å². The summed E-state index contributed by atoms with van der Waals surface area (Å²) in [5.74, 6) is -0.638. The second kappa shape index (κ2) is 12.1. The monoisotopic (exact) mass is 630 g/mol. The maximum atomic E-state index is 14.0. The van der Waals surface area contributed by atoms with E-state index in [0.717, 1.165) is 11.3 Å². The number of rotatable bonds is 9. The summed E-state index contributed by atoms with van der Waals surface area (Å²) in [4.78, 5) is 39.3. The third-order valence-electron chi connectivity index (χ3n) is 5.56. The first-order chi connectivity index (χ1) is 18.3. The molecule has 0 aliphatic carbocycles. The number of benzene rings is 3. The minimum absolute atomic E-state index is 0.0142. The Bertz CT molecular complexity index is 1410. The van der Waals surface area contributed by atoms with E-state index in [2.05, 4.69) is 5.32 Å². The molecule has 1 aliphatic heterocycles. The number of methoxy groups -OCH3 is 1. The van der Waals surface area contributed by atoms with E-state index in [4.69, 9.17) is 14.2 Å². The fourth-order valence-electron chi connectivity index (χ4n) is 3.70. The normalized spacial score (nSPS) is 14.5. The number of ether oxygens (including phenoxy) is 3. The van der Waals surface area contributed by atoms with Crippen LogP contribution in [0.2, 0.25) is 0 Å². The highest BCUT2D eigenvalue weighted by atomic mass is 127. The number of hydrogen-bond acceptors (Lipinski definition) is 6. The molecule has 1 heterocycles. The molecule has 0 aromatic heterocycles. The van der Waals surface area contributed by atoms with Crippen molar-refractivity contribution >= 4 is 52.2 Å². The average molecular weight is 630 g/mol. The SMILES string of the molecule is CCCOc1ccc(N2C(=O)NC(=O)/C(=C/c3cc(I)c(OCc4ccccc4F)c(OC)c3)C2=O)cc1. The van der Waals surface area contributed by atoms with Crippen LogP contribution in [0.15, 0.2) is 66.2 Å². The number of amides is 4. The lowest BCUT2D eigenvalue weighted by Gasteiger charge is -2.26. The molecule has 4 rings (SSSR count). The van der Waals surface area contributed by atoms with Crippen molar-refractivity contribution in [2.45, 2.75) is 20.0 Å². The van der Waals surface area contributed by atoms with Gasteiger partial charge in [-0.1, -0.05) is 25.1 Å². The number of carbonyl (C=O) groups excluding carboxylic acids is 3. The summed E-state index contributed by atoms with van der Waals surface area (Å²) in [5.41, 5.74) is 0.920. The maximum absolute atomic E-state index is 14.0. The average Bonchev–Trinajstić information content (AvgIpc) is 2.90. The second-order valence-electron chi connectivity index (χ2n) is 8.21. The number of hydrogen-bond donors (Lipinski definition) is 1. The number of anilines is 1. The summed E-state index contributed by atoms with van der Waals surface area (Å²) >= 11 is 2.03. The van der Waals surface area contributed by atoms with Crippen molar-refractivity contribution in [3.05, 3.63) is 86.8 Å². The van der Waals surface area contributed by atoms with Crippen LogP contribution in [0, 0.1) is 9.39 Å². The maximum Gasteiger partial charge on any atom is 0.335 e. The van der Waals surface area contributed by atoms with Gasteiger partial charge in [-0.2, -0.15) is 0 Å². The zero-order valence-corrected chi connectivity index (χ0v) is 22.8. The lowest BCUT2D eigenvalue weighted by Crippen LogP contribution is -2.54. The third-order valence-corrected chi connectivity index (χ3v) is 6.36. The summed E-state index contributed by atoms with van der Waals surface area (Å²) in [6, 6.07) is 15.2. The summed E-state index contributed by atoms with van der Waals surface area (Å²) in [6.07, 6.45) is 2.22. The smallest absolute Gasteiger partial charge is 0.335 e. The molecule has 3 aromatic rings. The van der Waals surface area contributed by atoms with Gasteiger partial charge in [-0.3, -0.25) is 14.9 Å². The van der Waals surface area contributed by atoms with E-state index in [-0.39, 0.29) is 18.0 Å². The quantitative estimate of drug-likeness (QED) is 0.192. The molecule has 10 heteroatoms. The molecule has 1 aliphatic rings. The molecule has 3 aromatic carbocycles. The van der Waals surface area contributed by atoms with E-state index < -0.39 is 17.8 Å². The van der Waals surface area contributed by atoms with Crippen molar-refractivity contribution in [3.8, 4) is 17.2 Å². The Morgan fingerprint density at radius 2 is 1.76 bits per heavy atom. The molecule has 0 atom stereocenters. The fourth-order valence-corrected chi connectivity index (χ4v) is 4.48. The summed E-state index contributed by atoms with van der Waals surface area (Å²) in [5, 5.41) is 2.21. The summed E-state index contributed by atoms with van der Waals surface area (Å²) in [7, 11) is 1.45. The Balaban J connectivity index is 1.60. The number of halogens is 2. The van der Waals surface area contributed by atoms with Crippen LogP contribution < -0.4 is 24.4 Å². The van der Waals surface area contributed by atoms with Gasteiger partial charge in [0.05, 0.1) is 23.0 Å². The number of nitrogens with zero attached hydrogens (tertiary/aromatic N) is 1. The predicted octanol–water partition coefficient (Wildman–Crippen LogP) is 5.47. The molecular weight excluding hydrogens is 606 g/mol. The van der Waals surface area contributed by atoms with Crippen LogP contribution in [0.4, 0.5) is 14.9 Å². The van der Waals surface area contributed by atoms with Crippen LogP contribution >= 0.6 is 22.6 Å². The van der Waals surface area contributed by atoms with Gasteiger partial charge in [0, 0.05) is 5.56 Å². The number of nitrogens with one attached hydrogen (secondary N) is 1. The molecule has 38 heavy (non-hydrogen) atoms. The van der Waals surface area contributed by atoms with Gasteiger partial charge in [0.2, 0.25) is 0 Å². The highest BCUT2D eigenvalue weighted by Gasteiger charge is 2.37. The second-order valence-corrected chi connectivity index (χ2v) is 9.38. The van der Waals surface area contributed by atoms with Crippen LogP contribution in [0.3, 0.4) is 0 Å². The first kappa shape index (κ1) is 27.1. The van der Waals surface area contributed by atoms with Crippen LogP contribution in [-0.4, -0.2) is 31.6 Å². The summed E-state index contributed by atoms with van der Waals surface area (Å²) in [6.45, 7) is 2.51. The molecule has 8 nitrogen and oxygen atoms in total. The van der Waals surface area contributed by atoms with Gasteiger partial charge < -0.3 is 14.2 Å². The first-order valence-electron chi connectivity index (χ1n) is 11.7. The van der Waals surface area contributed by atoms with Crippen LogP contribution in [-0.2, 0) is 16.2 Å². The Hall–Kier alpha value is -3.93. The minimum atomic E-state index is -0.844. The van der Waals surface area contributed by atoms with Crippen molar-refractivity contribution in [1.82, 2.24) is 5.32 Å². The van der Waals surface area contributed by atoms with Crippen molar-refractivity contribution in [1.29, 1.82) is 0 Å². The largest absolute Gasteiger partial charge is 0.494 e.